The van der Waals surface area contributed by atoms with Gasteiger partial charge in [-0.1, -0.05) is 41.5 Å². The van der Waals surface area contributed by atoms with Crippen molar-refractivity contribution in [1.82, 2.24) is 4.72 Å². The smallest absolute Gasteiger partial charge is 0.279 e. The van der Waals surface area contributed by atoms with Crippen molar-refractivity contribution < 1.29 is 18.0 Å². The maximum atomic E-state index is 11.6. The number of rotatable bonds is 0. The topological polar surface area (TPSA) is 80.3 Å². The van der Waals surface area contributed by atoms with Gasteiger partial charge in [-0.25, -0.2) is 4.72 Å². The van der Waals surface area contributed by atoms with Crippen LogP contribution in [-0.4, -0.2) is 19.4 Å². The van der Waals surface area contributed by atoms with E-state index in [1.807, 2.05) is 0 Å². The van der Waals surface area contributed by atoms with Crippen molar-refractivity contribution in [3.05, 3.63) is 0 Å². The number of carbonyl (C=O) groups excluding carboxylic acids is 2. The molecule has 0 aliphatic rings. The van der Waals surface area contributed by atoms with E-state index in [9.17, 15) is 18.0 Å². The predicted octanol–water partition coefficient (Wildman–Crippen LogP) is 1.05. The maximum Gasteiger partial charge on any atom is 0.298 e. The molecule has 0 bridgehead atoms. The van der Waals surface area contributed by atoms with Crippen molar-refractivity contribution in [1.29, 1.82) is 0 Å². The van der Waals surface area contributed by atoms with E-state index >= 15 is 0 Å². The summed E-state index contributed by atoms with van der Waals surface area (Å²) < 4.78 is 24.9. The van der Waals surface area contributed by atoms with Gasteiger partial charge in [-0.3, -0.25) is 9.59 Å². The Morgan fingerprint density at radius 3 is 1.50 bits per heavy atom. The van der Waals surface area contributed by atoms with Gasteiger partial charge in [0.15, 0.2) is 0 Å². The van der Waals surface area contributed by atoms with Crippen LogP contribution in [0, 0.1) is 10.8 Å². The molecule has 5 nitrogen and oxygen atoms in total. The summed E-state index contributed by atoms with van der Waals surface area (Å²) in [4.78, 5) is 23.0. The van der Waals surface area contributed by atoms with Gasteiger partial charge in [0.1, 0.15) is 0 Å². The lowest BCUT2D eigenvalue weighted by Crippen LogP contribution is -2.45. The zero-order valence-electron chi connectivity index (χ0n) is 10.5. The van der Waals surface area contributed by atoms with Gasteiger partial charge >= 0.3 is 0 Å². The first-order valence-corrected chi connectivity index (χ1v) is 6.38. The average Bonchev–Trinajstić information content (AvgIpc) is 1.98. The van der Waals surface area contributed by atoms with E-state index in [0.29, 0.717) is 0 Å². The highest BCUT2D eigenvalue weighted by molar-refractivity contribution is 8.05. The Morgan fingerprint density at radius 1 is 0.875 bits per heavy atom. The van der Waals surface area contributed by atoms with Gasteiger partial charge in [0, 0.05) is 10.8 Å². The van der Waals surface area contributed by atoms with Crippen molar-refractivity contribution in [2.75, 3.05) is 0 Å². The second-order valence-corrected chi connectivity index (χ2v) is 7.30. The van der Waals surface area contributed by atoms with Crippen LogP contribution >= 0.6 is 0 Å². The molecule has 0 aliphatic carbocycles. The molecule has 0 spiro atoms. The monoisotopic (exact) mass is 249 g/mol. The van der Waals surface area contributed by atoms with Crippen LogP contribution in [0.3, 0.4) is 0 Å². The van der Waals surface area contributed by atoms with Gasteiger partial charge in [-0.05, 0) is 0 Å². The van der Waals surface area contributed by atoms with Crippen LogP contribution in [0.2, 0.25) is 0 Å². The van der Waals surface area contributed by atoms with Crippen LogP contribution in [0.1, 0.15) is 41.5 Å². The highest BCUT2D eigenvalue weighted by Gasteiger charge is 2.36. The molecule has 0 radical (unpaired) electrons. The van der Waals surface area contributed by atoms with Gasteiger partial charge in [-0.15, -0.1) is 0 Å². The molecule has 0 aromatic heterocycles. The molecule has 0 rings (SSSR count). The van der Waals surface area contributed by atoms with E-state index in [4.69, 9.17) is 0 Å². The standard InChI is InChI=1S/C10H19NO4S/c1-9(2,3)7(12)11-16(14,15)8(13)10(4,5)6/h1-6H3,(H,11,12). The third-order valence-electron chi connectivity index (χ3n) is 1.76. The Kier molecular flexibility index (Phi) is 3.92. The molecule has 0 aliphatic heterocycles. The van der Waals surface area contributed by atoms with Crippen LogP contribution in [0.4, 0.5) is 0 Å². The Bertz CT molecular complexity index is 396. The van der Waals surface area contributed by atoms with E-state index in [2.05, 4.69) is 0 Å². The number of hydrogen-bond donors (Lipinski definition) is 1. The summed E-state index contributed by atoms with van der Waals surface area (Å²) in [5, 5.41) is -0.988. The van der Waals surface area contributed by atoms with Gasteiger partial charge in [0.05, 0.1) is 0 Å². The first kappa shape index (κ1) is 15.1. The van der Waals surface area contributed by atoms with Crippen molar-refractivity contribution in [2.24, 2.45) is 10.8 Å². The second kappa shape index (κ2) is 4.16. The molecule has 0 aromatic carbocycles. The molecule has 0 saturated heterocycles. The van der Waals surface area contributed by atoms with E-state index in [1.165, 1.54) is 20.8 Å². The third kappa shape index (κ3) is 3.92. The van der Waals surface area contributed by atoms with E-state index in [-0.39, 0.29) is 0 Å². The van der Waals surface area contributed by atoms with E-state index in [0.717, 1.165) is 0 Å². The molecule has 0 saturated carbocycles. The Balaban J connectivity index is 5.02. The van der Waals surface area contributed by atoms with Crippen molar-refractivity contribution in [3.63, 3.8) is 0 Å². The summed E-state index contributed by atoms with van der Waals surface area (Å²) >= 11 is 0. The minimum atomic E-state index is -4.24. The molecule has 0 aromatic rings. The van der Waals surface area contributed by atoms with Crippen LogP contribution in [0.15, 0.2) is 0 Å². The van der Waals surface area contributed by atoms with E-state index in [1.54, 1.807) is 25.5 Å². The van der Waals surface area contributed by atoms with Gasteiger partial charge in [0.2, 0.25) is 5.91 Å². The van der Waals surface area contributed by atoms with Crippen molar-refractivity contribution in [2.45, 2.75) is 41.5 Å². The summed E-state index contributed by atoms with van der Waals surface area (Å²) in [7, 11) is -4.24. The number of nitrogens with one attached hydrogen (secondary N) is 1. The molecule has 0 fully saturated rings. The first-order valence-electron chi connectivity index (χ1n) is 4.90. The zero-order chi connectivity index (χ0) is 13.4. The summed E-state index contributed by atoms with van der Waals surface area (Å²) in [6, 6.07) is 0. The lowest BCUT2D eigenvalue weighted by Gasteiger charge is -2.20. The van der Waals surface area contributed by atoms with E-state index < -0.39 is 31.9 Å². The first-order chi connectivity index (χ1) is 6.78. The van der Waals surface area contributed by atoms with Gasteiger partial charge in [-0.2, -0.15) is 8.42 Å². The minimum absolute atomic E-state index is 0.690. The average molecular weight is 249 g/mol. The number of carbonyl (C=O) groups is 2. The van der Waals surface area contributed by atoms with Crippen molar-refractivity contribution in [3.8, 4) is 0 Å². The highest BCUT2D eigenvalue weighted by atomic mass is 32.2. The molecule has 6 heteroatoms. The molecular formula is C10H19NO4S. The molecule has 0 heterocycles. The van der Waals surface area contributed by atoms with Gasteiger partial charge in [0.25, 0.3) is 15.1 Å². The molecule has 1 amide bonds. The Hall–Kier alpha value is -0.910. The maximum absolute atomic E-state index is 11.6. The fraction of sp³-hybridized carbons (Fsp3) is 0.800. The minimum Gasteiger partial charge on any atom is -0.279 e. The molecule has 16 heavy (non-hydrogen) atoms. The molecule has 94 valence electrons. The molecule has 1 N–H and O–H groups in total. The molecular weight excluding hydrogens is 230 g/mol. The fourth-order valence-electron chi connectivity index (χ4n) is 0.725. The zero-order valence-corrected chi connectivity index (χ0v) is 11.4. The highest BCUT2D eigenvalue weighted by Crippen LogP contribution is 2.19. The number of hydrogen-bond acceptors (Lipinski definition) is 4. The molecule has 0 unspecified atom stereocenters. The number of amides is 1. The lowest BCUT2D eigenvalue weighted by molar-refractivity contribution is -0.127. The Labute approximate surface area is 96.7 Å². The fourth-order valence-corrected chi connectivity index (χ4v) is 2.17. The third-order valence-corrected chi connectivity index (χ3v) is 3.32. The molecule has 0 atom stereocenters. The van der Waals surface area contributed by atoms with Crippen LogP contribution in [0.25, 0.3) is 0 Å². The summed E-state index contributed by atoms with van der Waals surface area (Å²) in [5.41, 5.74) is -1.89. The largest absolute Gasteiger partial charge is 0.298 e. The van der Waals surface area contributed by atoms with Crippen LogP contribution < -0.4 is 4.72 Å². The predicted molar refractivity (Wildman–Crippen MR) is 61.0 cm³/mol. The SMILES string of the molecule is CC(C)(C)C(=O)NS(=O)(=O)C(=O)C(C)(C)C. The lowest BCUT2D eigenvalue weighted by atomic mass is 9.96. The Morgan fingerprint density at radius 2 is 1.25 bits per heavy atom. The summed E-state index contributed by atoms with van der Waals surface area (Å²) in [5.74, 6) is -0.690. The normalized spacial score (nSPS) is 13.4. The second-order valence-electron chi connectivity index (χ2n) is 5.72. The van der Waals surface area contributed by atoms with Gasteiger partial charge < -0.3 is 0 Å². The van der Waals surface area contributed by atoms with Crippen LogP contribution in [-0.2, 0) is 19.6 Å². The van der Waals surface area contributed by atoms with Crippen LogP contribution in [0.5, 0.6) is 0 Å². The number of sulfonamides is 1. The van der Waals surface area contributed by atoms with Crippen molar-refractivity contribution >= 4 is 21.0 Å². The summed E-state index contributed by atoms with van der Waals surface area (Å²) in [6.07, 6.45) is 0. The quantitative estimate of drug-likeness (QED) is 0.696. The summed E-state index contributed by atoms with van der Waals surface area (Å²) in [6.45, 7) is 9.15.